The van der Waals surface area contributed by atoms with Crippen molar-refractivity contribution in [3.05, 3.63) is 98.3 Å². The summed E-state index contributed by atoms with van der Waals surface area (Å²) in [6, 6.07) is 12.6. The fraction of sp³-hybridized carbons (Fsp3) is 0.217. The zero-order chi connectivity index (χ0) is 22.8. The number of amides is 1. The summed E-state index contributed by atoms with van der Waals surface area (Å²) in [6.45, 7) is 0.131. The molecule has 1 saturated heterocycles. The first-order valence-corrected chi connectivity index (χ1v) is 10.7. The smallest absolute Gasteiger partial charge is 0.244 e. The van der Waals surface area contributed by atoms with Crippen LogP contribution in [-0.2, 0) is 11.3 Å². The van der Waals surface area contributed by atoms with Gasteiger partial charge in [0.25, 0.3) is 0 Å². The van der Waals surface area contributed by atoms with Crippen LogP contribution in [0, 0.1) is 10.1 Å². The van der Waals surface area contributed by atoms with E-state index >= 15 is 0 Å². The fourth-order valence-electron chi connectivity index (χ4n) is 4.29. The standard InChI is InChI=1S/C23H20BrN3O5/c24-18-6-2-1-5-16(18)17-11-21(30)26(13-14-4-3-9-25-12-14)22(23(17)27(31)32)15-7-8-19(28)20(29)10-15/h1-10,12,17,22-23,28-29H,11,13H2/t17-,22+,23-/m0/s1. The van der Waals surface area contributed by atoms with Crippen LogP contribution in [0.2, 0.25) is 0 Å². The number of likely N-dealkylation sites (tertiary alicyclic amines) is 1. The maximum atomic E-state index is 13.4. The summed E-state index contributed by atoms with van der Waals surface area (Å²) in [5.74, 6) is -1.67. The van der Waals surface area contributed by atoms with Gasteiger partial charge in [-0.25, -0.2) is 0 Å². The number of nitrogens with zero attached hydrogens (tertiary/aromatic N) is 3. The quantitative estimate of drug-likeness (QED) is 0.310. The summed E-state index contributed by atoms with van der Waals surface area (Å²) in [5, 5.41) is 32.3. The number of hydrogen-bond donors (Lipinski definition) is 2. The maximum absolute atomic E-state index is 13.4. The Balaban J connectivity index is 1.85. The van der Waals surface area contributed by atoms with E-state index in [0.717, 1.165) is 5.56 Å². The molecule has 1 aromatic heterocycles. The van der Waals surface area contributed by atoms with Gasteiger partial charge in [0.05, 0.1) is 5.92 Å². The minimum atomic E-state index is -1.17. The molecule has 0 radical (unpaired) electrons. The van der Waals surface area contributed by atoms with Gasteiger partial charge in [-0.05, 0) is 41.0 Å². The largest absolute Gasteiger partial charge is 0.504 e. The van der Waals surface area contributed by atoms with Gasteiger partial charge < -0.3 is 15.1 Å². The summed E-state index contributed by atoms with van der Waals surface area (Å²) in [4.78, 5) is 30.9. The Hall–Kier alpha value is -3.46. The van der Waals surface area contributed by atoms with Crippen LogP contribution >= 0.6 is 15.9 Å². The van der Waals surface area contributed by atoms with Crippen molar-refractivity contribution in [2.75, 3.05) is 0 Å². The molecule has 0 spiro atoms. The highest BCUT2D eigenvalue weighted by Gasteiger charge is 2.51. The highest BCUT2D eigenvalue weighted by Crippen LogP contribution is 2.45. The first-order chi connectivity index (χ1) is 15.4. The normalized spacial score (nSPS) is 20.8. The van der Waals surface area contributed by atoms with Crippen LogP contribution in [0.5, 0.6) is 11.5 Å². The van der Waals surface area contributed by atoms with Crippen molar-refractivity contribution in [1.29, 1.82) is 0 Å². The fourth-order valence-corrected chi connectivity index (χ4v) is 4.87. The van der Waals surface area contributed by atoms with E-state index in [1.54, 1.807) is 42.7 Å². The molecule has 164 valence electrons. The van der Waals surface area contributed by atoms with Gasteiger partial charge in [0.15, 0.2) is 11.5 Å². The van der Waals surface area contributed by atoms with Gasteiger partial charge in [-0.1, -0.05) is 46.3 Å². The Morgan fingerprint density at radius 3 is 2.56 bits per heavy atom. The molecule has 2 aromatic carbocycles. The number of halogens is 1. The molecular weight excluding hydrogens is 478 g/mol. The number of phenolic OH excluding ortho intramolecular Hbond substituents is 2. The van der Waals surface area contributed by atoms with Crippen molar-refractivity contribution < 1.29 is 19.9 Å². The number of phenols is 2. The van der Waals surface area contributed by atoms with Crippen molar-refractivity contribution in [1.82, 2.24) is 9.88 Å². The average Bonchev–Trinajstić information content (AvgIpc) is 2.77. The molecule has 0 unspecified atom stereocenters. The van der Waals surface area contributed by atoms with Crippen LogP contribution in [0.15, 0.2) is 71.5 Å². The highest BCUT2D eigenvalue weighted by molar-refractivity contribution is 9.10. The molecule has 1 aliphatic rings. The minimum absolute atomic E-state index is 0.0327. The van der Waals surface area contributed by atoms with Crippen LogP contribution in [0.25, 0.3) is 0 Å². The molecule has 3 atom stereocenters. The lowest BCUT2D eigenvalue weighted by atomic mass is 9.78. The molecule has 2 N–H and O–H groups in total. The number of nitro groups is 1. The topological polar surface area (TPSA) is 117 Å². The molecule has 0 saturated carbocycles. The summed E-state index contributed by atoms with van der Waals surface area (Å²) < 4.78 is 0.692. The summed E-state index contributed by atoms with van der Waals surface area (Å²) in [6.07, 6.45) is 3.19. The van der Waals surface area contributed by atoms with Gasteiger partial charge >= 0.3 is 0 Å². The second-order valence-electron chi connectivity index (χ2n) is 7.68. The first-order valence-electron chi connectivity index (χ1n) is 9.95. The van der Waals surface area contributed by atoms with Crippen LogP contribution in [-0.4, -0.2) is 37.0 Å². The van der Waals surface area contributed by atoms with Crippen LogP contribution < -0.4 is 0 Å². The molecule has 0 bridgehead atoms. The Bertz CT molecular complexity index is 1160. The molecule has 8 nitrogen and oxygen atoms in total. The number of carbonyl (C=O) groups is 1. The molecule has 0 aliphatic carbocycles. The van der Waals surface area contributed by atoms with E-state index < -0.39 is 23.8 Å². The van der Waals surface area contributed by atoms with E-state index in [9.17, 15) is 25.1 Å². The third-order valence-electron chi connectivity index (χ3n) is 5.75. The average molecular weight is 498 g/mol. The number of carbonyl (C=O) groups excluding carboxylic acids is 1. The molecule has 4 rings (SSSR count). The second kappa shape index (κ2) is 8.96. The third-order valence-corrected chi connectivity index (χ3v) is 6.47. The van der Waals surface area contributed by atoms with Gasteiger partial charge in [-0.15, -0.1) is 0 Å². The number of hydrogen-bond acceptors (Lipinski definition) is 6. The first kappa shape index (κ1) is 21.8. The van der Waals surface area contributed by atoms with Crippen LogP contribution in [0.3, 0.4) is 0 Å². The number of rotatable bonds is 5. The zero-order valence-corrected chi connectivity index (χ0v) is 18.4. The van der Waals surface area contributed by atoms with Gasteiger partial charge in [0.2, 0.25) is 11.9 Å². The van der Waals surface area contributed by atoms with Gasteiger partial charge in [0, 0.05) is 34.8 Å². The maximum Gasteiger partial charge on any atom is 0.244 e. The number of benzene rings is 2. The monoisotopic (exact) mass is 497 g/mol. The lowest BCUT2D eigenvalue weighted by Gasteiger charge is -2.41. The van der Waals surface area contributed by atoms with Crippen molar-refractivity contribution in [2.24, 2.45) is 0 Å². The highest BCUT2D eigenvalue weighted by atomic mass is 79.9. The summed E-state index contributed by atoms with van der Waals surface area (Å²) in [7, 11) is 0. The lowest BCUT2D eigenvalue weighted by Crippen LogP contribution is -2.51. The SMILES string of the molecule is O=C1C[C@@H](c2ccccc2Br)[C@H]([N+](=O)[O-])[C@@H](c2ccc(O)c(O)c2)N1Cc1cccnc1. The summed E-state index contributed by atoms with van der Waals surface area (Å²) in [5.41, 5.74) is 1.78. The molecule has 1 amide bonds. The predicted molar refractivity (Wildman–Crippen MR) is 120 cm³/mol. The number of aromatic hydroxyl groups is 2. The molecule has 9 heteroatoms. The minimum Gasteiger partial charge on any atom is -0.504 e. The Kier molecular flexibility index (Phi) is 6.09. The van der Waals surface area contributed by atoms with E-state index in [-0.39, 0.29) is 29.5 Å². The van der Waals surface area contributed by atoms with Gasteiger partial charge in [0.1, 0.15) is 6.04 Å². The predicted octanol–water partition coefficient (Wildman–Crippen LogP) is 4.16. The molecule has 1 aliphatic heterocycles. The van der Waals surface area contributed by atoms with Gasteiger partial charge in [-0.3, -0.25) is 19.9 Å². The zero-order valence-electron chi connectivity index (χ0n) is 16.8. The Labute approximate surface area is 192 Å². The van der Waals surface area contributed by atoms with Gasteiger partial charge in [-0.2, -0.15) is 0 Å². The molecule has 2 heterocycles. The van der Waals surface area contributed by atoms with E-state index in [2.05, 4.69) is 20.9 Å². The van der Waals surface area contributed by atoms with E-state index in [1.807, 2.05) is 6.07 Å². The Morgan fingerprint density at radius 1 is 1.12 bits per heavy atom. The molecule has 1 fully saturated rings. The van der Waals surface area contributed by atoms with E-state index in [1.165, 1.54) is 23.1 Å². The van der Waals surface area contributed by atoms with Crippen molar-refractivity contribution >= 4 is 21.8 Å². The van der Waals surface area contributed by atoms with Crippen LogP contribution in [0.4, 0.5) is 0 Å². The lowest BCUT2D eigenvalue weighted by molar-refractivity contribution is -0.537. The Morgan fingerprint density at radius 2 is 1.91 bits per heavy atom. The van der Waals surface area contributed by atoms with Crippen molar-refractivity contribution in [3.8, 4) is 11.5 Å². The van der Waals surface area contributed by atoms with Crippen molar-refractivity contribution in [3.63, 3.8) is 0 Å². The second-order valence-corrected chi connectivity index (χ2v) is 8.54. The van der Waals surface area contributed by atoms with E-state index in [0.29, 0.717) is 15.6 Å². The number of pyridine rings is 1. The van der Waals surface area contributed by atoms with E-state index in [4.69, 9.17) is 0 Å². The number of piperidine rings is 1. The molecule has 32 heavy (non-hydrogen) atoms. The van der Waals surface area contributed by atoms with Crippen LogP contribution in [0.1, 0.15) is 35.1 Å². The number of aromatic nitrogens is 1. The summed E-state index contributed by atoms with van der Waals surface area (Å²) >= 11 is 3.47. The third kappa shape index (κ3) is 4.16. The molecule has 3 aromatic rings. The van der Waals surface area contributed by atoms with Crippen molar-refractivity contribution in [2.45, 2.75) is 31.0 Å². The molecular formula is C23H20BrN3O5.